The number of aliphatic carboxylic acids is 1. The minimum atomic E-state index is -0.927. The fraction of sp³-hybridized carbons (Fsp3) is 0.600. The summed E-state index contributed by atoms with van der Waals surface area (Å²) in [4.78, 5) is 22.5. The summed E-state index contributed by atoms with van der Waals surface area (Å²) >= 11 is 0. The molecule has 1 aliphatic heterocycles. The van der Waals surface area contributed by atoms with Crippen molar-refractivity contribution >= 4 is 11.8 Å². The number of fused-ring (bicyclic) bond motifs is 1. The van der Waals surface area contributed by atoms with Crippen molar-refractivity contribution < 1.29 is 19.4 Å². The standard InChI is InChI=1S/C15H20O4/c1-8-4-14-12(10(3)13(16)7-19-14)6-11(8)9(2)5-15(17)18/h5,10,12,14H,4,6-7H2,1-3H3,(H,17,18)/b9-5-. The van der Waals surface area contributed by atoms with Crippen LogP contribution in [0.25, 0.3) is 0 Å². The van der Waals surface area contributed by atoms with E-state index in [-0.39, 0.29) is 30.3 Å². The van der Waals surface area contributed by atoms with Crippen LogP contribution in [-0.4, -0.2) is 29.6 Å². The first kappa shape index (κ1) is 14.0. The second-order valence-electron chi connectivity index (χ2n) is 5.60. The summed E-state index contributed by atoms with van der Waals surface area (Å²) < 4.78 is 5.62. The predicted molar refractivity (Wildman–Crippen MR) is 70.7 cm³/mol. The van der Waals surface area contributed by atoms with Crippen molar-refractivity contribution in [1.29, 1.82) is 0 Å². The molecule has 3 unspecified atom stereocenters. The zero-order chi connectivity index (χ0) is 14.2. The van der Waals surface area contributed by atoms with Gasteiger partial charge >= 0.3 is 5.97 Å². The maximum atomic E-state index is 11.7. The highest BCUT2D eigenvalue weighted by molar-refractivity contribution is 5.83. The van der Waals surface area contributed by atoms with Gasteiger partial charge in [-0.25, -0.2) is 4.79 Å². The summed E-state index contributed by atoms with van der Waals surface area (Å²) in [6.45, 7) is 6.02. The molecule has 2 rings (SSSR count). The van der Waals surface area contributed by atoms with E-state index in [1.54, 1.807) is 0 Å². The third-order valence-corrected chi connectivity index (χ3v) is 4.35. The van der Waals surface area contributed by atoms with Crippen molar-refractivity contribution in [2.45, 2.75) is 39.7 Å². The van der Waals surface area contributed by atoms with Crippen LogP contribution >= 0.6 is 0 Å². The zero-order valence-corrected chi connectivity index (χ0v) is 11.6. The molecule has 0 saturated carbocycles. The van der Waals surface area contributed by atoms with Gasteiger partial charge in [0.15, 0.2) is 5.78 Å². The Hall–Kier alpha value is -1.42. The highest BCUT2D eigenvalue weighted by Crippen LogP contribution is 2.40. The number of hydrogen-bond acceptors (Lipinski definition) is 3. The van der Waals surface area contributed by atoms with Gasteiger partial charge in [0.1, 0.15) is 6.61 Å². The smallest absolute Gasteiger partial charge is 0.328 e. The summed E-state index contributed by atoms with van der Waals surface area (Å²) in [5.74, 6) is -0.597. The molecule has 1 fully saturated rings. The number of hydrogen-bond donors (Lipinski definition) is 1. The summed E-state index contributed by atoms with van der Waals surface area (Å²) in [5.41, 5.74) is 3.04. The third kappa shape index (κ3) is 2.78. The highest BCUT2D eigenvalue weighted by Gasteiger charge is 2.39. The number of rotatable bonds is 2. The van der Waals surface area contributed by atoms with E-state index >= 15 is 0 Å². The number of ketones is 1. The molecule has 1 aliphatic carbocycles. The SMILES string of the molecule is CC1=C(/C(C)=C\C(=O)O)CC2C(C1)OCC(=O)C2C. The average molecular weight is 264 g/mol. The monoisotopic (exact) mass is 264 g/mol. The zero-order valence-electron chi connectivity index (χ0n) is 11.6. The third-order valence-electron chi connectivity index (χ3n) is 4.35. The lowest BCUT2D eigenvalue weighted by atomic mass is 9.72. The fourth-order valence-electron chi connectivity index (χ4n) is 3.13. The van der Waals surface area contributed by atoms with E-state index in [4.69, 9.17) is 9.84 Å². The molecule has 2 aliphatic rings. The molecular formula is C15H20O4. The maximum Gasteiger partial charge on any atom is 0.328 e. The minimum absolute atomic E-state index is 0.000483. The molecule has 3 atom stereocenters. The molecule has 1 N–H and O–H groups in total. The molecule has 0 spiro atoms. The van der Waals surface area contributed by atoms with Gasteiger partial charge in [-0.15, -0.1) is 0 Å². The largest absolute Gasteiger partial charge is 0.478 e. The van der Waals surface area contributed by atoms with Gasteiger partial charge in [0.05, 0.1) is 6.10 Å². The molecule has 0 radical (unpaired) electrons. The van der Waals surface area contributed by atoms with Gasteiger partial charge in [0.2, 0.25) is 0 Å². The maximum absolute atomic E-state index is 11.7. The molecule has 0 aromatic carbocycles. The van der Waals surface area contributed by atoms with E-state index in [1.165, 1.54) is 11.6 Å². The van der Waals surface area contributed by atoms with Crippen molar-refractivity contribution in [2.75, 3.05) is 6.61 Å². The average Bonchev–Trinajstić information content (AvgIpc) is 2.32. The van der Waals surface area contributed by atoms with Crippen LogP contribution in [0.2, 0.25) is 0 Å². The Balaban J connectivity index is 2.27. The molecular weight excluding hydrogens is 244 g/mol. The number of Topliss-reactive ketones (excluding diaryl/α,β-unsaturated/α-hetero) is 1. The lowest BCUT2D eigenvalue weighted by Gasteiger charge is -2.40. The molecule has 1 heterocycles. The quantitative estimate of drug-likeness (QED) is 0.778. The lowest BCUT2D eigenvalue weighted by molar-refractivity contribution is -0.144. The number of carbonyl (C=O) groups is 2. The minimum Gasteiger partial charge on any atom is -0.478 e. The number of carboxylic acid groups (broad SMARTS) is 1. The Kier molecular flexibility index (Phi) is 3.90. The summed E-state index contributed by atoms with van der Waals surface area (Å²) in [7, 11) is 0. The Morgan fingerprint density at radius 1 is 1.42 bits per heavy atom. The van der Waals surface area contributed by atoms with Crippen molar-refractivity contribution in [3.63, 3.8) is 0 Å². The first-order valence-electron chi connectivity index (χ1n) is 6.64. The Morgan fingerprint density at radius 3 is 2.74 bits per heavy atom. The number of carboxylic acids is 1. The van der Waals surface area contributed by atoms with Gasteiger partial charge in [0.25, 0.3) is 0 Å². The van der Waals surface area contributed by atoms with Crippen LogP contribution in [0.3, 0.4) is 0 Å². The Morgan fingerprint density at radius 2 is 2.11 bits per heavy atom. The molecule has 1 saturated heterocycles. The summed E-state index contributed by atoms with van der Waals surface area (Å²) in [6.07, 6.45) is 2.88. The molecule has 0 aromatic rings. The van der Waals surface area contributed by atoms with E-state index in [0.29, 0.717) is 0 Å². The van der Waals surface area contributed by atoms with Crippen LogP contribution in [-0.2, 0) is 14.3 Å². The first-order chi connectivity index (χ1) is 8.90. The van der Waals surface area contributed by atoms with Crippen molar-refractivity contribution in [3.8, 4) is 0 Å². The van der Waals surface area contributed by atoms with Gasteiger partial charge in [-0.05, 0) is 43.8 Å². The van der Waals surface area contributed by atoms with Crippen LogP contribution in [0, 0.1) is 11.8 Å². The van der Waals surface area contributed by atoms with Gasteiger partial charge in [-0.3, -0.25) is 4.79 Å². The highest BCUT2D eigenvalue weighted by atomic mass is 16.5. The molecule has 0 amide bonds. The van der Waals surface area contributed by atoms with Gasteiger partial charge in [-0.1, -0.05) is 12.5 Å². The van der Waals surface area contributed by atoms with Crippen LogP contribution in [0.1, 0.15) is 33.6 Å². The normalized spacial score (nSPS) is 32.3. The number of ether oxygens (including phenoxy) is 1. The molecule has 19 heavy (non-hydrogen) atoms. The second-order valence-corrected chi connectivity index (χ2v) is 5.60. The number of allylic oxidation sites excluding steroid dienone is 2. The molecule has 0 bridgehead atoms. The Bertz CT molecular complexity index is 473. The predicted octanol–water partition coefficient (Wildman–Crippen LogP) is 2.35. The van der Waals surface area contributed by atoms with Crippen molar-refractivity contribution in [1.82, 2.24) is 0 Å². The van der Waals surface area contributed by atoms with Gasteiger partial charge < -0.3 is 9.84 Å². The van der Waals surface area contributed by atoms with Gasteiger partial charge in [0, 0.05) is 12.0 Å². The second kappa shape index (κ2) is 5.29. The Labute approximate surface area is 113 Å². The van der Waals surface area contributed by atoms with Crippen LogP contribution in [0.5, 0.6) is 0 Å². The molecule has 0 aromatic heterocycles. The van der Waals surface area contributed by atoms with Crippen molar-refractivity contribution in [2.24, 2.45) is 11.8 Å². The number of carbonyl (C=O) groups excluding carboxylic acids is 1. The van der Waals surface area contributed by atoms with E-state index < -0.39 is 5.97 Å². The molecule has 4 heteroatoms. The first-order valence-corrected chi connectivity index (χ1v) is 6.64. The fourth-order valence-corrected chi connectivity index (χ4v) is 3.13. The topological polar surface area (TPSA) is 63.6 Å². The van der Waals surface area contributed by atoms with Crippen LogP contribution in [0.15, 0.2) is 22.8 Å². The van der Waals surface area contributed by atoms with E-state index in [2.05, 4.69) is 0 Å². The summed E-state index contributed by atoms with van der Waals surface area (Å²) in [5, 5.41) is 8.85. The molecule has 104 valence electrons. The lowest BCUT2D eigenvalue weighted by Crippen LogP contribution is -2.43. The van der Waals surface area contributed by atoms with Crippen molar-refractivity contribution in [3.05, 3.63) is 22.8 Å². The van der Waals surface area contributed by atoms with E-state index in [1.807, 2.05) is 20.8 Å². The van der Waals surface area contributed by atoms with E-state index in [0.717, 1.165) is 24.0 Å². The van der Waals surface area contributed by atoms with Crippen LogP contribution in [0.4, 0.5) is 0 Å². The summed E-state index contributed by atoms with van der Waals surface area (Å²) in [6, 6.07) is 0. The molecule has 4 nitrogen and oxygen atoms in total. The van der Waals surface area contributed by atoms with E-state index in [9.17, 15) is 9.59 Å². The van der Waals surface area contributed by atoms with Crippen LogP contribution < -0.4 is 0 Å². The van der Waals surface area contributed by atoms with Gasteiger partial charge in [-0.2, -0.15) is 0 Å².